The summed E-state index contributed by atoms with van der Waals surface area (Å²) in [5, 5.41) is 3.03. The molecule has 0 radical (unpaired) electrons. The molecule has 0 aromatic heterocycles. The van der Waals surface area contributed by atoms with Crippen LogP contribution in [-0.2, 0) is 11.2 Å². The zero-order valence-electron chi connectivity index (χ0n) is 16.0. The average molecular weight is 445 g/mol. The molecule has 1 heterocycles. The van der Waals surface area contributed by atoms with Crippen LogP contribution >= 0.6 is 15.9 Å². The Kier molecular flexibility index (Phi) is 7.09. The first-order valence-electron chi connectivity index (χ1n) is 9.61. The minimum Gasteiger partial charge on any atom is -0.483 e. The van der Waals surface area contributed by atoms with Crippen molar-refractivity contribution in [3.8, 4) is 5.75 Å². The van der Waals surface area contributed by atoms with Gasteiger partial charge < -0.3 is 15.0 Å². The third-order valence-electron chi connectivity index (χ3n) is 4.95. The van der Waals surface area contributed by atoms with Gasteiger partial charge in [0.2, 0.25) is 0 Å². The number of carbonyl (C=O) groups excluding carboxylic acids is 2. The number of nitrogens with one attached hydrogen (secondary N) is 1. The Hall–Kier alpha value is -2.34. The Morgan fingerprint density at radius 1 is 1.11 bits per heavy atom. The lowest BCUT2D eigenvalue weighted by atomic mass is 10.0. The molecule has 1 saturated heterocycles. The van der Waals surface area contributed by atoms with Crippen LogP contribution in [0.5, 0.6) is 5.75 Å². The molecule has 1 N–H and O–H groups in total. The number of carbonyl (C=O) groups is 2. The van der Waals surface area contributed by atoms with E-state index in [-0.39, 0.29) is 24.5 Å². The fraction of sp³-hybridized carbons (Fsp3) is 0.364. The molecule has 1 aliphatic heterocycles. The van der Waals surface area contributed by atoms with Crippen molar-refractivity contribution in [2.45, 2.75) is 32.2 Å². The second-order valence-electron chi connectivity index (χ2n) is 6.89. The lowest BCUT2D eigenvalue weighted by Gasteiger charge is -2.32. The summed E-state index contributed by atoms with van der Waals surface area (Å²) < 4.78 is 6.63. The molecule has 6 heteroatoms. The van der Waals surface area contributed by atoms with Crippen molar-refractivity contribution in [1.29, 1.82) is 0 Å². The molecule has 3 rings (SSSR count). The highest BCUT2D eigenvalue weighted by Gasteiger charge is 2.24. The molecular weight excluding hydrogens is 420 g/mol. The number of benzene rings is 2. The molecule has 2 aromatic rings. The normalized spacial score (nSPS) is 14.6. The van der Waals surface area contributed by atoms with E-state index in [1.165, 1.54) is 0 Å². The van der Waals surface area contributed by atoms with Gasteiger partial charge in [-0.25, -0.2) is 0 Å². The minimum absolute atomic E-state index is 0.00898. The number of likely N-dealkylation sites (tertiary alicyclic amines) is 1. The van der Waals surface area contributed by atoms with E-state index < -0.39 is 0 Å². The van der Waals surface area contributed by atoms with E-state index in [1.54, 1.807) is 0 Å². The fourth-order valence-electron chi connectivity index (χ4n) is 3.35. The van der Waals surface area contributed by atoms with Crippen molar-refractivity contribution in [3.05, 3.63) is 64.1 Å². The van der Waals surface area contributed by atoms with Crippen molar-refractivity contribution >= 4 is 27.7 Å². The van der Waals surface area contributed by atoms with Crippen molar-refractivity contribution < 1.29 is 14.3 Å². The number of ether oxygens (including phenoxy) is 1. The molecule has 0 spiro atoms. The summed E-state index contributed by atoms with van der Waals surface area (Å²) in [6, 6.07) is 15.2. The quantitative estimate of drug-likeness (QED) is 0.736. The van der Waals surface area contributed by atoms with Gasteiger partial charge >= 0.3 is 0 Å². The van der Waals surface area contributed by atoms with Crippen molar-refractivity contribution in [2.75, 3.05) is 19.7 Å². The standard InChI is InChI=1S/C22H25BrN2O3/c1-2-16-5-3-4-6-20(16)28-15-21(26)24-19-11-13-25(14-12-19)22(27)17-7-9-18(23)10-8-17/h3-10,19H,2,11-15H2,1H3,(H,24,26). The van der Waals surface area contributed by atoms with Crippen LogP contribution in [0.2, 0.25) is 0 Å². The summed E-state index contributed by atoms with van der Waals surface area (Å²) in [7, 11) is 0. The third kappa shape index (κ3) is 5.35. The van der Waals surface area contributed by atoms with E-state index in [0.29, 0.717) is 18.7 Å². The van der Waals surface area contributed by atoms with Gasteiger partial charge in [-0.1, -0.05) is 41.1 Å². The molecule has 0 bridgehead atoms. The molecule has 28 heavy (non-hydrogen) atoms. The molecule has 0 saturated carbocycles. The SMILES string of the molecule is CCc1ccccc1OCC(=O)NC1CCN(C(=O)c2ccc(Br)cc2)CC1. The van der Waals surface area contributed by atoms with Crippen LogP contribution in [0.15, 0.2) is 53.0 Å². The molecule has 2 aromatic carbocycles. The number of piperidine rings is 1. The van der Waals surface area contributed by atoms with Crippen molar-refractivity contribution in [3.63, 3.8) is 0 Å². The van der Waals surface area contributed by atoms with Gasteiger partial charge in [-0.2, -0.15) is 0 Å². The molecule has 0 aliphatic carbocycles. The average Bonchev–Trinajstić information content (AvgIpc) is 2.73. The molecule has 1 aliphatic rings. The lowest BCUT2D eigenvalue weighted by molar-refractivity contribution is -0.124. The van der Waals surface area contributed by atoms with Crippen LogP contribution in [0.4, 0.5) is 0 Å². The van der Waals surface area contributed by atoms with E-state index in [0.717, 1.165) is 35.0 Å². The Morgan fingerprint density at radius 2 is 1.79 bits per heavy atom. The van der Waals surface area contributed by atoms with Gasteiger partial charge in [-0.15, -0.1) is 0 Å². The zero-order chi connectivity index (χ0) is 19.9. The summed E-state index contributed by atoms with van der Waals surface area (Å²) in [6.45, 7) is 3.35. The van der Waals surface area contributed by atoms with Gasteiger partial charge in [0, 0.05) is 29.2 Å². The van der Waals surface area contributed by atoms with Crippen LogP contribution < -0.4 is 10.1 Å². The summed E-state index contributed by atoms with van der Waals surface area (Å²) in [5.74, 6) is 0.676. The molecule has 1 fully saturated rings. The first-order valence-corrected chi connectivity index (χ1v) is 10.4. The molecule has 0 atom stereocenters. The number of hydrogen-bond donors (Lipinski definition) is 1. The Bertz CT molecular complexity index is 815. The Morgan fingerprint density at radius 3 is 2.46 bits per heavy atom. The number of para-hydroxylation sites is 1. The van der Waals surface area contributed by atoms with Gasteiger partial charge in [-0.05, 0) is 55.2 Å². The predicted octanol–water partition coefficient (Wildman–Crippen LogP) is 3.81. The summed E-state index contributed by atoms with van der Waals surface area (Å²) in [6.07, 6.45) is 2.36. The second-order valence-corrected chi connectivity index (χ2v) is 7.81. The van der Waals surface area contributed by atoms with Crippen LogP contribution in [0.1, 0.15) is 35.7 Å². The summed E-state index contributed by atoms with van der Waals surface area (Å²) >= 11 is 3.38. The van der Waals surface area contributed by atoms with Gasteiger partial charge in [0.05, 0.1) is 0 Å². The first-order chi connectivity index (χ1) is 13.6. The summed E-state index contributed by atoms with van der Waals surface area (Å²) in [5.41, 5.74) is 1.78. The minimum atomic E-state index is -0.122. The predicted molar refractivity (Wildman–Crippen MR) is 113 cm³/mol. The smallest absolute Gasteiger partial charge is 0.258 e. The molecule has 0 unspecified atom stereocenters. The van der Waals surface area contributed by atoms with E-state index in [4.69, 9.17) is 4.74 Å². The van der Waals surface area contributed by atoms with E-state index in [9.17, 15) is 9.59 Å². The third-order valence-corrected chi connectivity index (χ3v) is 5.48. The number of hydrogen-bond acceptors (Lipinski definition) is 3. The van der Waals surface area contributed by atoms with Gasteiger partial charge in [0.25, 0.3) is 11.8 Å². The summed E-state index contributed by atoms with van der Waals surface area (Å²) in [4.78, 5) is 26.6. The number of aryl methyl sites for hydroxylation is 1. The van der Waals surface area contributed by atoms with E-state index in [2.05, 4.69) is 28.2 Å². The highest BCUT2D eigenvalue weighted by molar-refractivity contribution is 9.10. The maximum absolute atomic E-state index is 12.6. The second kappa shape index (κ2) is 9.73. The van der Waals surface area contributed by atoms with Crippen LogP contribution in [0, 0.1) is 0 Å². The lowest BCUT2D eigenvalue weighted by Crippen LogP contribution is -2.47. The van der Waals surface area contributed by atoms with E-state index in [1.807, 2.05) is 53.4 Å². The van der Waals surface area contributed by atoms with Gasteiger partial charge in [0.1, 0.15) is 5.75 Å². The number of amides is 2. The highest BCUT2D eigenvalue weighted by atomic mass is 79.9. The van der Waals surface area contributed by atoms with Crippen LogP contribution in [-0.4, -0.2) is 42.5 Å². The largest absolute Gasteiger partial charge is 0.483 e. The first kappa shape index (κ1) is 20.4. The van der Waals surface area contributed by atoms with E-state index >= 15 is 0 Å². The number of nitrogens with zero attached hydrogens (tertiary/aromatic N) is 1. The maximum Gasteiger partial charge on any atom is 0.258 e. The fourth-order valence-corrected chi connectivity index (χ4v) is 3.62. The van der Waals surface area contributed by atoms with Crippen LogP contribution in [0.3, 0.4) is 0 Å². The number of rotatable bonds is 6. The molecule has 2 amide bonds. The topological polar surface area (TPSA) is 58.6 Å². The van der Waals surface area contributed by atoms with Gasteiger partial charge in [0.15, 0.2) is 6.61 Å². The van der Waals surface area contributed by atoms with Crippen molar-refractivity contribution in [2.24, 2.45) is 0 Å². The van der Waals surface area contributed by atoms with Crippen LogP contribution in [0.25, 0.3) is 0 Å². The monoisotopic (exact) mass is 444 g/mol. The highest BCUT2D eigenvalue weighted by Crippen LogP contribution is 2.19. The number of halogens is 1. The Balaban J connectivity index is 1.44. The molecule has 148 valence electrons. The maximum atomic E-state index is 12.6. The zero-order valence-corrected chi connectivity index (χ0v) is 17.6. The Labute approximate surface area is 174 Å². The molecule has 5 nitrogen and oxygen atoms in total. The van der Waals surface area contributed by atoms with Gasteiger partial charge in [-0.3, -0.25) is 9.59 Å². The molecular formula is C22H25BrN2O3. The van der Waals surface area contributed by atoms with Crippen molar-refractivity contribution in [1.82, 2.24) is 10.2 Å².